The molecule has 1 amide bonds. The topological polar surface area (TPSA) is 94.4 Å². The van der Waals surface area contributed by atoms with E-state index in [9.17, 15) is 9.59 Å². The van der Waals surface area contributed by atoms with Gasteiger partial charge in [-0.3, -0.25) is 9.59 Å². The van der Waals surface area contributed by atoms with Crippen LogP contribution in [0.3, 0.4) is 0 Å². The molecule has 0 bridgehead atoms. The number of nitrogen functional groups attached to an aromatic ring is 1. The number of aromatic nitrogens is 2. The van der Waals surface area contributed by atoms with Crippen LogP contribution >= 0.6 is 0 Å². The molecule has 7 nitrogen and oxygen atoms in total. The molecule has 1 unspecified atom stereocenters. The normalized spacial score (nSPS) is 17.9. The molecule has 7 heteroatoms. The van der Waals surface area contributed by atoms with Gasteiger partial charge in [0.2, 0.25) is 5.91 Å². The highest BCUT2D eigenvalue weighted by molar-refractivity contribution is 5.76. The van der Waals surface area contributed by atoms with E-state index in [0.717, 1.165) is 36.2 Å². The molecule has 3 rings (SSSR count). The van der Waals surface area contributed by atoms with Crippen LogP contribution in [0, 0.1) is 6.92 Å². The fourth-order valence-electron chi connectivity index (χ4n) is 3.05. The zero-order chi connectivity index (χ0) is 17.3. The third-order valence-electron chi connectivity index (χ3n) is 4.40. The average molecular weight is 330 g/mol. The largest absolute Gasteiger partial charge is 0.460 e. The molecule has 0 saturated carbocycles. The summed E-state index contributed by atoms with van der Waals surface area (Å²) in [5.41, 5.74) is 5.84. The maximum Gasteiger partial charge on any atom is 0.290 e. The van der Waals surface area contributed by atoms with Crippen molar-refractivity contribution in [1.82, 2.24) is 14.7 Å². The minimum absolute atomic E-state index is 0.0496. The van der Waals surface area contributed by atoms with Crippen LogP contribution in [-0.2, 0) is 11.3 Å². The van der Waals surface area contributed by atoms with Gasteiger partial charge in [-0.25, -0.2) is 4.68 Å². The summed E-state index contributed by atoms with van der Waals surface area (Å²) >= 11 is 0. The van der Waals surface area contributed by atoms with E-state index in [4.69, 9.17) is 10.2 Å². The number of nitrogens with zero attached hydrogens (tertiary/aromatic N) is 3. The number of rotatable bonds is 3. The second kappa shape index (κ2) is 6.51. The Balaban J connectivity index is 1.88. The van der Waals surface area contributed by atoms with Gasteiger partial charge in [0.15, 0.2) is 5.76 Å². The van der Waals surface area contributed by atoms with E-state index in [1.54, 1.807) is 6.07 Å². The van der Waals surface area contributed by atoms with Gasteiger partial charge in [0.25, 0.3) is 5.56 Å². The van der Waals surface area contributed by atoms with Crippen LogP contribution in [0.15, 0.2) is 27.4 Å². The van der Waals surface area contributed by atoms with Crippen LogP contribution < -0.4 is 11.3 Å². The SMILES string of the molecule is Cc1ccc(-c2cc(N)c(=O)n(CC(=O)N3CCCCC3C)n2)o1. The van der Waals surface area contributed by atoms with Crippen LogP contribution in [0.2, 0.25) is 0 Å². The lowest BCUT2D eigenvalue weighted by Crippen LogP contribution is -2.45. The van der Waals surface area contributed by atoms with E-state index in [0.29, 0.717) is 11.5 Å². The van der Waals surface area contributed by atoms with Gasteiger partial charge in [-0.05, 0) is 51.3 Å². The highest BCUT2D eigenvalue weighted by Gasteiger charge is 2.24. The second-order valence-corrected chi connectivity index (χ2v) is 6.29. The van der Waals surface area contributed by atoms with E-state index in [1.165, 1.54) is 6.07 Å². The standard InChI is InChI=1S/C17H22N4O3/c1-11-5-3-4-8-20(11)16(22)10-21-17(23)13(18)9-14(19-21)15-7-6-12(2)24-15/h6-7,9,11H,3-5,8,10,18H2,1-2H3. The van der Waals surface area contributed by atoms with Gasteiger partial charge in [0, 0.05) is 12.6 Å². The van der Waals surface area contributed by atoms with Crippen molar-refractivity contribution in [3.63, 3.8) is 0 Å². The molecule has 128 valence electrons. The van der Waals surface area contributed by atoms with Gasteiger partial charge >= 0.3 is 0 Å². The number of furan rings is 1. The van der Waals surface area contributed by atoms with E-state index in [2.05, 4.69) is 5.10 Å². The molecule has 24 heavy (non-hydrogen) atoms. The predicted molar refractivity (Wildman–Crippen MR) is 90.4 cm³/mol. The van der Waals surface area contributed by atoms with Gasteiger partial charge < -0.3 is 15.1 Å². The number of amides is 1. The number of piperidine rings is 1. The molecule has 1 atom stereocenters. The lowest BCUT2D eigenvalue weighted by atomic mass is 10.0. The smallest absolute Gasteiger partial charge is 0.290 e. The van der Waals surface area contributed by atoms with Gasteiger partial charge in [-0.1, -0.05) is 0 Å². The number of carbonyl (C=O) groups excluding carboxylic acids is 1. The van der Waals surface area contributed by atoms with Gasteiger partial charge in [-0.2, -0.15) is 5.10 Å². The minimum atomic E-state index is -0.458. The quantitative estimate of drug-likeness (QED) is 0.926. The van der Waals surface area contributed by atoms with Crippen molar-refractivity contribution in [1.29, 1.82) is 0 Å². The molecule has 1 fully saturated rings. The molecule has 0 radical (unpaired) electrons. The van der Waals surface area contributed by atoms with E-state index in [1.807, 2.05) is 24.8 Å². The predicted octanol–water partition coefficient (Wildman–Crippen LogP) is 1.79. The Labute approximate surface area is 140 Å². The van der Waals surface area contributed by atoms with Crippen molar-refractivity contribution in [2.24, 2.45) is 0 Å². The summed E-state index contributed by atoms with van der Waals surface area (Å²) in [4.78, 5) is 26.6. The van der Waals surface area contributed by atoms with Crippen LogP contribution in [0.5, 0.6) is 0 Å². The maximum atomic E-state index is 12.6. The number of nitrogens with two attached hydrogens (primary N) is 1. The van der Waals surface area contributed by atoms with E-state index >= 15 is 0 Å². The Kier molecular flexibility index (Phi) is 4.42. The zero-order valence-electron chi connectivity index (χ0n) is 14.0. The monoisotopic (exact) mass is 330 g/mol. The highest BCUT2D eigenvalue weighted by atomic mass is 16.3. The van der Waals surface area contributed by atoms with Crippen molar-refractivity contribution < 1.29 is 9.21 Å². The molecule has 2 N–H and O–H groups in total. The first-order chi connectivity index (χ1) is 11.5. The summed E-state index contributed by atoms with van der Waals surface area (Å²) in [7, 11) is 0. The maximum absolute atomic E-state index is 12.6. The fourth-order valence-corrected chi connectivity index (χ4v) is 3.05. The molecule has 2 aromatic rings. The van der Waals surface area contributed by atoms with Crippen molar-refractivity contribution >= 4 is 11.6 Å². The Morgan fingerprint density at radius 2 is 2.21 bits per heavy atom. The molecule has 0 aliphatic carbocycles. The van der Waals surface area contributed by atoms with Crippen molar-refractivity contribution in [2.45, 2.75) is 45.7 Å². The number of anilines is 1. The Hall–Kier alpha value is -2.57. The van der Waals surface area contributed by atoms with Crippen molar-refractivity contribution in [3.8, 4) is 11.5 Å². The van der Waals surface area contributed by atoms with Crippen molar-refractivity contribution in [2.75, 3.05) is 12.3 Å². The molecule has 1 saturated heterocycles. The second-order valence-electron chi connectivity index (χ2n) is 6.29. The lowest BCUT2D eigenvalue weighted by molar-refractivity contribution is -0.135. The number of likely N-dealkylation sites (tertiary alicyclic amines) is 1. The number of aryl methyl sites for hydroxylation is 1. The van der Waals surface area contributed by atoms with Crippen molar-refractivity contribution in [3.05, 3.63) is 34.3 Å². The Morgan fingerprint density at radius 1 is 1.42 bits per heavy atom. The van der Waals surface area contributed by atoms with Crippen LogP contribution in [0.4, 0.5) is 5.69 Å². The molecule has 2 aromatic heterocycles. The molecule has 1 aliphatic heterocycles. The number of carbonyl (C=O) groups is 1. The minimum Gasteiger partial charge on any atom is -0.460 e. The Morgan fingerprint density at radius 3 is 2.88 bits per heavy atom. The Bertz CT molecular complexity index is 808. The summed E-state index contributed by atoms with van der Waals surface area (Å²) in [5.74, 6) is 1.15. The highest BCUT2D eigenvalue weighted by Crippen LogP contribution is 2.20. The molecular weight excluding hydrogens is 308 g/mol. The summed E-state index contributed by atoms with van der Waals surface area (Å²) in [6.45, 7) is 4.47. The summed E-state index contributed by atoms with van der Waals surface area (Å²) in [6.07, 6.45) is 3.11. The molecule has 1 aliphatic rings. The summed E-state index contributed by atoms with van der Waals surface area (Å²) in [6, 6.07) is 5.24. The number of hydrogen-bond acceptors (Lipinski definition) is 5. The third kappa shape index (κ3) is 3.20. The number of hydrogen-bond donors (Lipinski definition) is 1. The molecule has 0 aromatic carbocycles. The summed E-state index contributed by atoms with van der Waals surface area (Å²) < 4.78 is 6.66. The molecule has 3 heterocycles. The van der Waals surface area contributed by atoms with Crippen LogP contribution in [0.1, 0.15) is 31.9 Å². The average Bonchev–Trinajstić information content (AvgIpc) is 2.98. The first-order valence-electron chi connectivity index (χ1n) is 8.19. The van der Waals surface area contributed by atoms with E-state index in [-0.39, 0.29) is 24.2 Å². The van der Waals surface area contributed by atoms with Crippen LogP contribution in [-0.4, -0.2) is 33.2 Å². The molecular formula is C17H22N4O3. The third-order valence-corrected chi connectivity index (χ3v) is 4.40. The van der Waals surface area contributed by atoms with Gasteiger partial charge in [-0.15, -0.1) is 0 Å². The zero-order valence-corrected chi connectivity index (χ0v) is 14.0. The lowest BCUT2D eigenvalue weighted by Gasteiger charge is -2.33. The summed E-state index contributed by atoms with van der Waals surface area (Å²) in [5, 5.41) is 4.26. The van der Waals surface area contributed by atoms with Gasteiger partial charge in [0.1, 0.15) is 23.7 Å². The van der Waals surface area contributed by atoms with Crippen LogP contribution in [0.25, 0.3) is 11.5 Å². The first-order valence-corrected chi connectivity index (χ1v) is 8.19. The van der Waals surface area contributed by atoms with Gasteiger partial charge in [0.05, 0.1) is 0 Å². The fraction of sp³-hybridized carbons (Fsp3) is 0.471. The van der Waals surface area contributed by atoms with E-state index < -0.39 is 5.56 Å². The molecule has 0 spiro atoms. The first kappa shape index (κ1) is 16.3.